The molecule has 0 unspecified atom stereocenters. The Morgan fingerprint density at radius 2 is 2.32 bits per heavy atom. The van der Waals surface area contributed by atoms with Crippen molar-refractivity contribution in [1.29, 1.82) is 0 Å². The highest BCUT2D eigenvalue weighted by Gasteiger charge is 2.05. The number of carboxylic acids is 1. The standard InChI is InChI=1S/C13H14N2O3S/c1-9-12(19-8-14-9)5-6-18-7-10-3-2-4-11(15-10)13(16)17/h2-4,8H,5-7H2,1H3,(H,16,17). The molecule has 1 N–H and O–H groups in total. The van der Waals surface area contributed by atoms with Gasteiger partial charge in [0, 0.05) is 11.3 Å². The molecule has 0 aromatic carbocycles. The number of carbonyl (C=O) groups is 1. The molecule has 0 fully saturated rings. The van der Waals surface area contributed by atoms with Gasteiger partial charge in [-0.3, -0.25) is 0 Å². The maximum Gasteiger partial charge on any atom is 0.354 e. The average Bonchev–Trinajstić information content (AvgIpc) is 2.81. The molecular formula is C13H14N2O3S. The Kier molecular flexibility index (Phi) is 4.59. The second-order valence-corrected chi connectivity index (χ2v) is 4.92. The summed E-state index contributed by atoms with van der Waals surface area (Å²) in [6, 6.07) is 4.89. The second kappa shape index (κ2) is 6.40. The molecule has 0 aliphatic heterocycles. The monoisotopic (exact) mass is 278 g/mol. The predicted octanol–water partition coefficient (Wildman–Crippen LogP) is 2.30. The quantitative estimate of drug-likeness (QED) is 0.821. The Labute approximate surface area is 114 Å². The minimum Gasteiger partial charge on any atom is -0.477 e. The maximum atomic E-state index is 10.8. The van der Waals surface area contributed by atoms with E-state index in [1.54, 1.807) is 23.5 Å². The van der Waals surface area contributed by atoms with Crippen molar-refractivity contribution in [3.63, 3.8) is 0 Å². The summed E-state index contributed by atoms with van der Waals surface area (Å²) in [4.78, 5) is 20.1. The van der Waals surface area contributed by atoms with E-state index in [1.165, 1.54) is 10.9 Å². The smallest absolute Gasteiger partial charge is 0.354 e. The number of aromatic carboxylic acids is 1. The van der Waals surface area contributed by atoms with Gasteiger partial charge in [-0.1, -0.05) is 6.07 Å². The molecule has 0 aliphatic rings. The van der Waals surface area contributed by atoms with Gasteiger partial charge in [0.15, 0.2) is 0 Å². The molecule has 6 heteroatoms. The lowest BCUT2D eigenvalue weighted by atomic mass is 10.3. The molecule has 0 saturated heterocycles. The predicted molar refractivity (Wildman–Crippen MR) is 71.4 cm³/mol. The van der Waals surface area contributed by atoms with Crippen molar-refractivity contribution in [3.8, 4) is 0 Å². The normalized spacial score (nSPS) is 10.6. The molecule has 19 heavy (non-hydrogen) atoms. The minimum absolute atomic E-state index is 0.0411. The topological polar surface area (TPSA) is 72.3 Å². The van der Waals surface area contributed by atoms with Crippen LogP contribution in [-0.4, -0.2) is 27.7 Å². The van der Waals surface area contributed by atoms with Crippen LogP contribution < -0.4 is 0 Å². The van der Waals surface area contributed by atoms with Gasteiger partial charge in [0.25, 0.3) is 0 Å². The molecule has 0 atom stereocenters. The summed E-state index contributed by atoms with van der Waals surface area (Å²) in [6.45, 7) is 2.87. The van der Waals surface area contributed by atoms with E-state index in [1.807, 2.05) is 12.4 Å². The molecule has 0 bridgehead atoms. The summed E-state index contributed by atoms with van der Waals surface area (Å²) < 4.78 is 5.51. The van der Waals surface area contributed by atoms with Crippen LogP contribution in [0.25, 0.3) is 0 Å². The third-order valence-corrected chi connectivity index (χ3v) is 3.59. The van der Waals surface area contributed by atoms with E-state index in [0.717, 1.165) is 12.1 Å². The largest absolute Gasteiger partial charge is 0.477 e. The molecule has 0 radical (unpaired) electrons. The van der Waals surface area contributed by atoms with Crippen molar-refractivity contribution >= 4 is 17.3 Å². The summed E-state index contributed by atoms with van der Waals surface area (Å²) in [6.07, 6.45) is 0.815. The first-order valence-corrected chi connectivity index (χ1v) is 6.70. The van der Waals surface area contributed by atoms with Crippen LogP contribution in [0.3, 0.4) is 0 Å². The minimum atomic E-state index is -1.03. The number of aromatic nitrogens is 2. The Balaban J connectivity index is 1.81. The van der Waals surface area contributed by atoms with E-state index in [2.05, 4.69) is 9.97 Å². The average molecular weight is 278 g/mol. The third-order valence-electron chi connectivity index (χ3n) is 2.59. The Morgan fingerprint density at radius 3 is 3.00 bits per heavy atom. The van der Waals surface area contributed by atoms with Crippen LogP contribution in [0.1, 0.15) is 26.8 Å². The zero-order valence-electron chi connectivity index (χ0n) is 10.5. The Hall–Kier alpha value is -1.79. The number of aryl methyl sites for hydroxylation is 1. The number of hydrogen-bond donors (Lipinski definition) is 1. The van der Waals surface area contributed by atoms with Crippen LogP contribution in [0.15, 0.2) is 23.7 Å². The second-order valence-electron chi connectivity index (χ2n) is 3.98. The Morgan fingerprint density at radius 1 is 1.47 bits per heavy atom. The highest BCUT2D eigenvalue weighted by molar-refractivity contribution is 7.09. The molecule has 0 amide bonds. The summed E-state index contributed by atoms with van der Waals surface area (Å²) in [5.74, 6) is -1.03. The SMILES string of the molecule is Cc1ncsc1CCOCc1cccc(C(=O)O)n1. The van der Waals surface area contributed by atoms with Gasteiger partial charge in [0.1, 0.15) is 5.69 Å². The van der Waals surface area contributed by atoms with Crippen molar-refractivity contribution in [2.45, 2.75) is 20.0 Å². The van der Waals surface area contributed by atoms with Crippen molar-refractivity contribution in [1.82, 2.24) is 9.97 Å². The molecule has 5 nitrogen and oxygen atoms in total. The van der Waals surface area contributed by atoms with Crippen molar-refractivity contribution in [3.05, 3.63) is 45.7 Å². The van der Waals surface area contributed by atoms with Crippen LogP contribution >= 0.6 is 11.3 Å². The number of ether oxygens (including phenoxy) is 1. The summed E-state index contributed by atoms with van der Waals surface area (Å²) in [5, 5.41) is 8.83. The molecule has 2 heterocycles. The summed E-state index contributed by atoms with van der Waals surface area (Å²) in [7, 11) is 0. The summed E-state index contributed by atoms with van der Waals surface area (Å²) >= 11 is 1.62. The highest BCUT2D eigenvalue weighted by Crippen LogP contribution is 2.12. The lowest BCUT2D eigenvalue weighted by Gasteiger charge is -2.04. The van der Waals surface area contributed by atoms with E-state index < -0.39 is 5.97 Å². The van der Waals surface area contributed by atoms with Gasteiger partial charge in [-0.05, 0) is 19.1 Å². The number of nitrogens with zero attached hydrogens (tertiary/aromatic N) is 2. The molecule has 2 aromatic rings. The number of carboxylic acid groups (broad SMARTS) is 1. The van der Waals surface area contributed by atoms with Crippen LogP contribution in [0, 0.1) is 6.92 Å². The van der Waals surface area contributed by atoms with Gasteiger partial charge in [-0.15, -0.1) is 11.3 Å². The summed E-state index contributed by atoms with van der Waals surface area (Å²) in [5.41, 5.74) is 3.53. The van der Waals surface area contributed by atoms with Crippen molar-refractivity contribution in [2.24, 2.45) is 0 Å². The number of pyridine rings is 1. The molecule has 0 aliphatic carbocycles. The molecule has 100 valence electrons. The van der Waals surface area contributed by atoms with Crippen molar-refractivity contribution in [2.75, 3.05) is 6.61 Å². The van der Waals surface area contributed by atoms with Gasteiger partial charge < -0.3 is 9.84 Å². The lowest BCUT2D eigenvalue weighted by Crippen LogP contribution is -2.05. The zero-order valence-corrected chi connectivity index (χ0v) is 11.3. The number of thiazole rings is 1. The van der Waals surface area contributed by atoms with E-state index in [0.29, 0.717) is 18.9 Å². The van der Waals surface area contributed by atoms with Gasteiger partial charge in [-0.2, -0.15) is 0 Å². The molecule has 0 saturated carbocycles. The van der Waals surface area contributed by atoms with E-state index in [4.69, 9.17) is 9.84 Å². The van der Waals surface area contributed by atoms with Gasteiger partial charge in [0.05, 0.1) is 30.1 Å². The van der Waals surface area contributed by atoms with Gasteiger partial charge in [-0.25, -0.2) is 14.8 Å². The molecule has 2 rings (SSSR count). The zero-order chi connectivity index (χ0) is 13.7. The molecular weight excluding hydrogens is 264 g/mol. The van der Waals surface area contributed by atoms with E-state index >= 15 is 0 Å². The lowest BCUT2D eigenvalue weighted by molar-refractivity contribution is 0.0688. The van der Waals surface area contributed by atoms with Gasteiger partial charge >= 0.3 is 5.97 Å². The highest BCUT2D eigenvalue weighted by atomic mass is 32.1. The molecule has 0 spiro atoms. The fourth-order valence-electron chi connectivity index (χ4n) is 1.59. The number of hydrogen-bond acceptors (Lipinski definition) is 5. The van der Waals surface area contributed by atoms with E-state index in [9.17, 15) is 4.79 Å². The maximum absolute atomic E-state index is 10.8. The first-order valence-electron chi connectivity index (χ1n) is 5.83. The Bertz CT molecular complexity index is 569. The van der Waals surface area contributed by atoms with Crippen LogP contribution in [0.2, 0.25) is 0 Å². The number of rotatable bonds is 6. The first-order chi connectivity index (χ1) is 9.16. The molecule has 2 aromatic heterocycles. The van der Waals surface area contributed by atoms with Crippen LogP contribution in [0.4, 0.5) is 0 Å². The first kappa shape index (κ1) is 13.6. The van der Waals surface area contributed by atoms with Crippen LogP contribution in [-0.2, 0) is 17.8 Å². The fraction of sp³-hybridized carbons (Fsp3) is 0.308. The van der Waals surface area contributed by atoms with Gasteiger partial charge in [0.2, 0.25) is 0 Å². The fourth-order valence-corrected chi connectivity index (χ4v) is 2.35. The van der Waals surface area contributed by atoms with E-state index in [-0.39, 0.29) is 5.69 Å². The third kappa shape index (κ3) is 3.84. The van der Waals surface area contributed by atoms with Crippen molar-refractivity contribution < 1.29 is 14.6 Å². The van der Waals surface area contributed by atoms with Crippen LogP contribution in [0.5, 0.6) is 0 Å².